The molecule has 1 aliphatic heterocycles. The number of benzene rings is 1. The van der Waals surface area contributed by atoms with Crippen molar-refractivity contribution < 1.29 is 9.18 Å². The second kappa shape index (κ2) is 6.64. The van der Waals surface area contributed by atoms with Gasteiger partial charge >= 0.3 is 11.7 Å². The van der Waals surface area contributed by atoms with Crippen molar-refractivity contribution in [2.45, 2.75) is 38.4 Å². The van der Waals surface area contributed by atoms with Crippen molar-refractivity contribution in [3.63, 3.8) is 0 Å². The standard InChI is InChI=1S/C15H18FN5O2/c16-11-3-1-2-10(8-11)9-17-14(22)18-12-4-5-13-19-20-15(23)21(13)7-6-12/h1-3,8,12H,4-7,9H2,(H,20,23)(H2,17,18,22). The summed E-state index contributed by atoms with van der Waals surface area (Å²) in [6.45, 7) is 0.789. The van der Waals surface area contributed by atoms with Gasteiger partial charge in [0, 0.05) is 25.6 Å². The van der Waals surface area contributed by atoms with Gasteiger partial charge in [-0.3, -0.25) is 4.57 Å². The first-order valence-corrected chi connectivity index (χ1v) is 7.55. The predicted octanol–water partition coefficient (Wildman–Crippen LogP) is 0.915. The summed E-state index contributed by atoms with van der Waals surface area (Å²) in [4.78, 5) is 23.5. The maximum atomic E-state index is 13.1. The third-order valence-corrected chi connectivity index (χ3v) is 3.93. The lowest BCUT2D eigenvalue weighted by atomic mass is 10.1. The molecular weight excluding hydrogens is 301 g/mol. The fourth-order valence-electron chi connectivity index (χ4n) is 2.71. The first-order valence-electron chi connectivity index (χ1n) is 7.55. The van der Waals surface area contributed by atoms with Crippen molar-refractivity contribution in [2.24, 2.45) is 0 Å². The van der Waals surface area contributed by atoms with Crippen LogP contribution in [0.2, 0.25) is 0 Å². The van der Waals surface area contributed by atoms with E-state index < -0.39 is 0 Å². The normalized spacial score (nSPS) is 17.2. The number of fused-ring (bicyclic) bond motifs is 1. The average molecular weight is 319 g/mol. The van der Waals surface area contributed by atoms with Crippen molar-refractivity contribution in [3.05, 3.63) is 52.0 Å². The number of halogens is 1. The van der Waals surface area contributed by atoms with E-state index in [1.54, 1.807) is 16.7 Å². The second-order valence-electron chi connectivity index (χ2n) is 5.58. The molecule has 0 spiro atoms. The van der Waals surface area contributed by atoms with E-state index >= 15 is 0 Å². The largest absolute Gasteiger partial charge is 0.343 e. The molecule has 0 radical (unpaired) electrons. The lowest BCUT2D eigenvalue weighted by Gasteiger charge is -2.16. The highest BCUT2D eigenvalue weighted by Crippen LogP contribution is 2.11. The number of carbonyl (C=O) groups excluding carboxylic acids is 1. The molecule has 122 valence electrons. The molecule has 0 saturated heterocycles. The zero-order valence-corrected chi connectivity index (χ0v) is 12.5. The number of aromatic amines is 1. The maximum Gasteiger partial charge on any atom is 0.343 e. The fourth-order valence-corrected chi connectivity index (χ4v) is 2.71. The van der Waals surface area contributed by atoms with E-state index in [-0.39, 0.29) is 30.1 Å². The molecule has 0 fully saturated rings. The molecular formula is C15H18FN5O2. The summed E-state index contributed by atoms with van der Waals surface area (Å²) >= 11 is 0. The van der Waals surface area contributed by atoms with Crippen LogP contribution in [0.4, 0.5) is 9.18 Å². The Hall–Kier alpha value is -2.64. The minimum atomic E-state index is -0.326. The molecule has 0 aliphatic carbocycles. The van der Waals surface area contributed by atoms with Crippen LogP contribution in [0.5, 0.6) is 0 Å². The molecule has 3 rings (SSSR count). The van der Waals surface area contributed by atoms with Gasteiger partial charge in [0.25, 0.3) is 0 Å². The first kappa shape index (κ1) is 15.3. The highest BCUT2D eigenvalue weighted by atomic mass is 19.1. The van der Waals surface area contributed by atoms with Gasteiger partial charge in [-0.05, 0) is 30.5 Å². The molecule has 1 aromatic heterocycles. The van der Waals surface area contributed by atoms with Crippen LogP contribution in [-0.2, 0) is 19.5 Å². The van der Waals surface area contributed by atoms with Gasteiger partial charge in [-0.1, -0.05) is 12.1 Å². The van der Waals surface area contributed by atoms with Crippen molar-refractivity contribution >= 4 is 6.03 Å². The van der Waals surface area contributed by atoms with Crippen LogP contribution in [0.15, 0.2) is 29.1 Å². The van der Waals surface area contributed by atoms with E-state index in [1.165, 1.54) is 12.1 Å². The van der Waals surface area contributed by atoms with Gasteiger partial charge in [0.2, 0.25) is 0 Å². The van der Waals surface area contributed by atoms with Crippen LogP contribution in [0.1, 0.15) is 24.2 Å². The molecule has 1 unspecified atom stereocenters. The Morgan fingerprint density at radius 3 is 3.13 bits per heavy atom. The molecule has 8 heteroatoms. The smallest absolute Gasteiger partial charge is 0.335 e. The summed E-state index contributed by atoms with van der Waals surface area (Å²) in [7, 11) is 0. The third kappa shape index (κ3) is 3.77. The first-order chi connectivity index (χ1) is 11.1. The van der Waals surface area contributed by atoms with E-state index in [0.717, 1.165) is 12.2 Å². The quantitative estimate of drug-likeness (QED) is 0.785. The van der Waals surface area contributed by atoms with Crippen LogP contribution >= 0.6 is 0 Å². The summed E-state index contributed by atoms with van der Waals surface area (Å²) in [6, 6.07) is 5.78. The van der Waals surface area contributed by atoms with Gasteiger partial charge in [0.15, 0.2) is 0 Å². The van der Waals surface area contributed by atoms with Gasteiger partial charge < -0.3 is 10.6 Å². The Morgan fingerprint density at radius 2 is 2.30 bits per heavy atom. The van der Waals surface area contributed by atoms with Crippen LogP contribution in [0.3, 0.4) is 0 Å². The molecule has 2 heterocycles. The van der Waals surface area contributed by atoms with Crippen molar-refractivity contribution in [2.75, 3.05) is 0 Å². The number of aryl methyl sites for hydroxylation is 1. The number of hydrogen-bond donors (Lipinski definition) is 3. The Bertz CT molecular complexity index is 754. The topological polar surface area (TPSA) is 91.8 Å². The molecule has 2 amide bonds. The fraction of sp³-hybridized carbons (Fsp3) is 0.400. The number of H-pyrrole nitrogens is 1. The number of aromatic nitrogens is 3. The summed E-state index contributed by atoms with van der Waals surface area (Å²) in [5.41, 5.74) is 0.490. The average Bonchev–Trinajstić information content (AvgIpc) is 2.76. The number of nitrogens with zero attached hydrogens (tertiary/aromatic N) is 2. The number of rotatable bonds is 3. The molecule has 1 atom stereocenters. The summed E-state index contributed by atoms with van der Waals surface area (Å²) in [6.07, 6.45) is 2.02. The maximum absolute atomic E-state index is 13.1. The van der Waals surface area contributed by atoms with Gasteiger partial charge in [0.1, 0.15) is 11.6 Å². The van der Waals surface area contributed by atoms with E-state index in [2.05, 4.69) is 20.8 Å². The number of carbonyl (C=O) groups is 1. The van der Waals surface area contributed by atoms with E-state index in [9.17, 15) is 14.0 Å². The third-order valence-electron chi connectivity index (χ3n) is 3.93. The van der Waals surface area contributed by atoms with Crippen LogP contribution in [-0.4, -0.2) is 26.8 Å². The van der Waals surface area contributed by atoms with Crippen molar-refractivity contribution in [1.82, 2.24) is 25.4 Å². The highest BCUT2D eigenvalue weighted by molar-refractivity contribution is 5.74. The van der Waals surface area contributed by atoms with E-state index in [0.29, 0.717) is 24.9 Å². The zero-order chi connectivity index (χ0) is 16.2. The lowest BCUT2D eigenvalue weighted by Crippen LogP contribution is -2.42. The van der Waals surface area contributed by atoms with Crippen molar-refractivity contribution in [1.29, 1.82) is 0 Å². The Balaban J connectivity index is 1.50. The Kier molecular flexibility index (Phi) is 4.40. The molecule has 1 aromatic carbocycles. The molecule has 1 aliphatic rings. The highest BCUT2D eigenvalue weighted by Gasteiger charge is 2.20. The minimum absolute atomic E-state index is 0.0244. The number of hydrogen-bond acceptors (Lipinski definition) is 3. The zero-order valence-electron chi connectivity index (χ0n) is 12.5. The lowest BCUT2D eigenvalue weighted by molar-refractivity contribution is 0.235. The minimum Gasteiger partial charge on any atom is -0.335 e. The van der Waals surface area contributed by atoms with Gasteiger partial charge in [-0.15, -0.1) is 0 Å². The van der Waals surface area contributed by atoms with Gasteiger partial charge in [-0.2, -0.15) is 5.10 Å². The molecule has 7 nitrogen and oxygen atoms in total. The molecule has 3 N–H and O–H groups in total. The Labute approximate surface area is 131 Å². The van der Waals surface area contributed by atoms with Crippen LogP contribution < -0.4 is 16.3 Å². The Morgan fingerprint density at radius 1 is 1.43 bits per heavy atom. The van der Waals surface area contributed by atoms with Gasteiger partial charge in [0.05, 0.1) is 0 Å². The van der Waals surface area contributed by atoms with Crippen LogP contribution in [0.25, 0.3) is 0 Å². The van der Waals surface area contributed by atoms with Crippen LogP contribution in [0, 0.1) is 5.82 Å². The van der Waals surface area contributed by atoms with E-state index in [1.807, 2.05) is 0 Å². The number of urea groups is 1. The molecule has 23 heavy (non-hydrogen) atoms. The van der Waals surface area contributed by atoms with Crippen molar-refractivity contribution in [3.8, 4) is 0 Å². The SMILES string of the molecule is O=C(NCc1cccc(F)c1)NC1CCc2n[nH]c(=O)n2CC1. The molecule has 0 saturated carbocycles. The number of amides is 2. The molecule has 0 bridgehead atoms. The van der Waals surface area contributed by atoms with Gasteiger partial charge in [-0.25, -0.2) is 19.1 Å². The summed E-state index contributed by atoms with van der Waals surface area (Å²) in [5.74, 6) is 0.396. The monoisotopic (exact) mass is 319 g/mol. The number of nitrogens with one attached hydrogen (secondary N) is 3. The molecule has 2 aromatic rings. The summed E-state index contributed by atoms with van der Waals surface area (Å²) in [5, 5.41) is 12.0. The second-order valence-corrected chi connectivity index (χ2v) is 5.58. The van der Waals surface area contributed by atoms with E-state index in [4.69, 9.17) is 0 Å². The predicted molar refractivity (Wildman–Crippen MR) is 81.3 cm³/mol. The summed E-state index contributed by atoms with van der Waals surface area (Å²) < 4.78 is 14.7.